The standard InChI is InChI=1S/C15H18ClNO2/c1-9-7-10-13(16)11(15(2)5-4-6-17-15)8-12(18-3)14(10)19-9/h7-8,17H,4-6H2,1-3H3. The van der Waals surface area contributed by atoms with Gasteiger partial charge >= 0.3 is 0 Å². The average molecular weight is 280 g/mol. The van der Waals surface area contributed by atoms with E-state index in [2.05, 4.69) is 12.2 Å². The van der Waals surface area contributed by atoms with Gasteiger partial charge in [0.15, 0.2) is 11.3 Å². The zero-order valence-corrected chi connectivity index (χ0v) is 12.2. The third kappa shape index (κ3) is 1.92. The molecule has 1 aromatic carbocycles. The van der Waals surface area contributed by atoms with Crippen molar-refractivity contribution in [2.75, 3.05) is 13.7 Å². The number of hydrogen-bond donors (Lipinski definition) is 1. The maximum atomic E-state index is 6.60. The smallest absolute Gasteiger partial charge is 0.177 e. The Morgan fingerprint density at radius 3 is 2.84 bits per heavy atom. The highest BCUT2D eigenvalue weighted by atomic mass is 35.5. The van der Waals surface area contributed by atoms with Gasteiger partial charge in [-0.25, -0.2) is 0 Å². The van der Waals surface area contributed by atoms with Gasteiger partial charge in [-0.3, -0.25) is 0 Å². The van der Waals surface area contributed by atoms with Crippen molar-refractivity contribution >= 4 is 22.6 Å². The molecule has 3 rings (SSSR count). The Bertz CT molecular complexity index is 627. The Kier molecular flexibility index (Phi) is 2.99. The van der Waals surface area contributed by atoms with Crippen LogP contribution in [-0.2, 0) is 5.54 Å². The Morgan fingerprint density at radius 1 is 1.42 bits per heavy atom. The number of ether oxygens (including phenoxy) is 1. The number of fused-ring (bicyclic) bond motifs is 1. The fourth-order valence-electron chi connectivity index (χ4n) is 2.94. The van der Waals surface area contributed by atoms with E-state index < -0.39 is 0 Å². The summed E-state index contributed by atoms with van der Waals surface area (Å²) in [5.74, 6) is 1.59. The van der Waals surface area contributed by atoms with Crippen molar-refractivity contribution in [3.63, 3.8) is 0 Å². The van der Waals surface area contributed by atoms with E-state index in [1.165, 1.54) is 0 Å². The second-order valence-electron chi connectivity index (χ2n) is 5.40. The van der Waals surface area contributed by atoms with Crippen LogP contribution in [0.2, 0.25) is 5.02 Å². The van der Waals surface area contributed by atoms with Gasteiger partial charge in [0, 0.05) is 10.9 Å². The molecule has 19 heavy (non-hydrogen) atoms. The van der Waals surface area contributed by atoms with Crippen LogP contribution in [0.5, 0.6) is 5.75 Å². The molecule has 0 radical (unpaired) electrons. The van der Waals surface area contributed by atoms with Crippen molar-refractivity contribution in [1.82, 2.24) is 5.32 Å². The van der Waals surface area contributed by atoms with Crippen LogP contribution in [0.1, 0.15) is 31.1 Å². The predicted molar refractivity (Wildman–Crippen MR) is 77.1 cm³/mol. The van der Waals surface area contributed by atoms with Gasteiger partial charge in [-0.2, -0.15) is 0 Å². The highest BCUT2D eigenvalue weighted by molar-refractivity contribution is 6.36. The van der Waals surface area contributed by atoms with Crippen LogP contribution in [0.25, 0.3) is 11.0 Å². The molecule has 1 aliphatic rings. The van der Waals surface area contributed by atoms with Gasteiger partial charge in [0.1, 0.15) is 5.76 Å². The summed E-state index contributed by atoms with van der Waals surface area (Å²) in [5.41, 5.74) is 1.75. The van der Waals surface area contributed by atoms with Crippen LogP contribution in [-0.4, -0.2) is 13.7 Å². The van der Waals surface area contributed by atoms with E-state index in [1.807, 2.05) is 19.1 Å². The molecule has 0 spiro atoms. The highest BCUT2D eigenvalue weighted by Gasteiger charge is 2.33. The number of halogens is 1. The summed E-state index contributed by atoms with van der Waals surface area (Å²) < 4.78 is 11.2. The normalized spacial score (nSPS) is 23.2. The molecule has 0 saturated carbocycles. The van der Waals surface area contributed by atoms with Crippen LogP contribution in [0, 0.1) is 6.92 Å². The maximum absolute atomic E-state index is 6.60. The third-order valence-electron chi connectivity index (χ3n) is 4.01. The minimum absolute atomic E-state index is 0.0796. The first-order valence-electron chi connectivity index (χ1n) is 6.57. The first-order chi connectivity index (χ1) is 9.05. The molecule has 4 heteroatoms. The summed E-state index contributed by atoms with van der Waals surface area (Å²) in [6.45, 7) is 5.14. The van der Waals surface area contributed by atoms with Crippen molar-refractivity contribution in [2.24, 2.45) is 0 Å². The number of methoxy groups -OCH3 is 1. The van der Waals surface area contributed by atoms with E-state index in [0.717, 1.165) is 52.5 Å². The van der Waals surface area contributed by atoms with E-state index in [9.17, 15) is 0 Å². The van der Waals surface area contributed by atoms with Gasteiger partial charge in [0.2, 0.25) is 0 Å². The van der Waals surface area contributed by atoms with E-state index >= 15 is 0 Å². The van der Waals surface area contributed by atoms with E-state index in [4.69, 9.17) is 20.8 Å². The molecule has 102 valence electrons. The minimum atomic E-state index is -0.0796. The topological polar surface area (TPSA) is 34.4 Å². The van der Waals surface area contributed by atoms with Gasteiger partial charge in [-0.1, -0.05) is 11.6 Å². The van der Waals surface area contributed by atoms with E-state index in [-0.39, 0.29) is 5.54 Å². The Balaban J connectivity index is 2.28. The van der Waals surface area contributed by atoms with Crippen LogP contribution in [0.4, 0.5) is 0 Å². The summed E-state index contributed by atoms with van der Waals surface area (Å²) in [4.78, 5) is 0. The molecule has 1 unspecified atom stereocenters. The van der Waals surface area contributed by atoms with E-state index in [0.29, 0.717) is 0 Å². The predicted octanol–water partition coefficient (Wildman–Crippen LogP) is 4.00. The lowest BCUT2D eigenvalue weighted by Gasteiger charge is -2.26. The van der Waals surface area contributed by atoms with Crippen LogP contribution < -0.4 is 10.1 Å². The molecular weight excluding hydrogens is 262 g/mol. The lowest BCUT2D eigenvalue weighted by Crippen LogP contribution is -2.33. The summed E-state index contributed by atoms with van der Waals surface area (Å²) >= 11 is 6.60. The number of nitrogens with one attached hydrogen (secondary N) is 1. The average Bonchev–Trinajstić information content (AvgIpc) is 2.97. The fraction of sp³-hybridized carbons (Fsp3) is 0.467. The Hall–Kier alpha value is -1.19. The lowest BCUT2D eigenvalue weighted by molar-refractivity contribution is 0.400. The zero-order chi connectivity index (χ0) is 13.6. The fourth-order valence-corrected chi connectivity index (χ4v) is 3.35. The van der Waals surface area contributed by atoms with Gasteiger partial charge in [0.25, 0.3) is 0 Å². The Labute approximate surface area is 117 Å². The molecule has 1 saturated heterocycles. The number of hydrogen-bond acceptors (Lipinski definition) is 3. The molecular formula is C15H18ClNO2. The number of rotatable bonds is 2. The first-order valence-corrected chi connectivity index (χ1v) is 6.95. The van der Waals surface area contributed by atoms with Crippen LogP contribution >= 0.6 is 11.6 Å². The molecule has 2 heterocycles. The summed E-state index contributed by atoms with van der Waals surface area (Å²) in [6, 6.07) is 3.98. The molecule has 1 fully saturated rings. The van der Waals surface area contributed by atoms with Gasteiger partial charge in [-0.05, 0) is 50.9 Å². The summed E-state index contributed by atoms with van der Waals surface area (Å²) in [6.07, 6.45) is 2.25. The molecule has 1 aliphatic heterocycles. The second-order valence-corrected chi connectivity index (χ2v) is 5.78. The number of furan rings is 1. The highest BCUT2D eigenvalue weighted by Crippen LogP contribution is 2.43. The zero-order valence-electron chi connectivity index (χ0n) is 11.5. The summed E-state index contributed by atoms with van der Waals surface area (Å²) in [5, 5.41) is 5.24. The van der Waals surface area contributed by atoms with Crippen LogP contribution in [0.15, 0.2) is 16.5 Å². The number of aryl methyl sites for hydroxylation is 1. The van der Waals surface area contributed by atoms with Gasteiger partial charge in [0.05, 0.1) is 12.1 Å². The lowest BCUT2D eigenvalue weighted by atomic mass is 9.89. The van der Waals surface area contributed by atoms with Crippen molar-refractivity contribution in [3.05, 3.63) is 28.5 Å². The van der Waals surface area contributed by atoms with Crippen molar-refractivity contribution in [1.29, 1.82) is 0 Å². The van der Waals surface area contributed by atoms with E-state index in [1.54, 1.807) is 7.11 Å². The molecule has 0 bridgehead atoms. The molecule has 3 nitrogen and oxygen atoms in total. The number of benzene rings is 1. The molecule has 1 atom stereocenters. The van der Waals surface area contributed by atoms with Gasteiger partial charge in [-0.15, -0.1) is 0 Å². The molecule has 0 aliphatic carbocycles. The quantitative estimate of drug-likeness (QED) is 0.902. The van der Waals surface area contributed by atoms with Gasteiger partial charge < -0.3 is 14.5 Å². The maximum Gasteiger partial charge on any atom is 0.177 e. The summed E-state index contributed by atoms with van der Waals surface area (Å²) in [7, 11) is 1.66. The molecule has 0 amide bonds. The van der Waals surface area contributed by atoms with Crippen molar-refractivity contribution < 1.29 is 9.15 Å². The van der Waals surface area contributed by atoms with Crippen molar-refractivity contribution in [3.8, 4) is 5.75 Å². The first kappa shape index (κ1) is 12.8. The Morgan fingerprint density at radius 2 is 2.21 bits per heavy atom. The van der Waals surface area contributed by atoms with Crippen LogP contribution in [0.3, 0.4) is 0 Å². The molecule has 1 aromatic heterocycles. The SMILES string of the molecule is COc1cc(C2(C)CCCN2)c(Cl)c2cc(C)oc12. The second kappa shape index (κ2) is 4.43. The van der Waals surface area contributed by atoms with Crippen molar-refractivity contribution in [2.45, 2.75) is 32.2 Å². The third-order valence-corrected chi connectivity index (χ3v) is 4.42. The monoisotopic (exact) mass is 279 g/mol. The molecule has 2 aromatic rings. The largest absolute Gasteiger partial charge is 0.493 e. The molecule has 1 N–H and O–H groups in total. The minimum Gasteiger partial charge on any atom is -0.493 e.